The van der Waals surface area contributed by atoms with E-state index in [9.17, 15) is 5.11 Å². The molecule has 4 rings (SSSR count). The summed E-state index contributed by atoms with van der Waals surface area (Å²) in [6.45, 7) is 1.28. The van der Waals surface area contributed by atoms with Gasteiger partial charge in [0.15, 0.2) is 5.76 Å². The van der Waals surface area contributed by atoms with Crippen LogP contribution in [0.5, 0.6) is 5.75 Å². The number of nitrogens with zero attached hydrogens (tertiary/aromatic N) is 1. The molecule has 1 saturated heterocycles. The number of hydrogen-bond acceptors (Lipinski definition) is 6. The average Bonchev–Trinajstić information content (AvgIpc) is 3.25. The fourth-order valence-corrected chi connectivity index (χ4v) is 3.80. The lowest BCUT2D eigenvalue weighted by Crippen LogP contribution is -2.45. The third-order valence-electron chi connectivity index (χ3n) is 5.44. The van der Waals surface area contributed by atoms with Crippen LogP contribution in [0.2, 0.25) is 0 Å². The van der Waals surface area contributed by atoms with Gasteiger partial charge in [-0.05, 0) is 30.5 Å². The summed E-state index contributed by atoms with van der Waals surface area (Å²) in [5.74, 6) is 1.60. The predicted molar refractivity (Wildman–Crippen MR) is 114 cm³/mol. The molecule has 30 heavy (non-hydrogen) atoms. The van der Waals surface area contributed by atoms with Crippen LogP contribution >= 0.6 is 0 Å². The van der Waals surface area contributed by atoms with Crippen molar-refractivity contribution in [3.63, 3.8) is 0 Å². The largest absolute Gasteiger partial charge is 0.497 e. The summed E-state index contributed by atoms with van der Waals surface area (Å²) in [7, 11) is 1.66. The fourth-order valence-electron chi connectivity index (χ4n) is 3.80. The van der Waals surface area contributed by atoms with Gasteiger partial charge in [0.05, 0.1) is 31.1 Å². The third kappa shape index (κ3) is 5.27. The first-order valence-electron chi connectivity index (χ1n) is 10.4. The van der Waals surface area contributed by atoms with E-state index >= 15 is 0 Å². The molecule has 0 radical (unpaired) electrons. The van der Waals surface area contributed by atoms with Crippen molar-refractivity contribution in [2.45, 2.75) is 44.1 Å². The van der Waals surface area contributed by atoms with E-state index in [1.54, 1.807) is 7.11 Å². The molecule has 2 N–H and O–H groups in total. The Kier molecular flexibility index (Phi) is 6.79. The molecule has 158 valence electrons. The SMILES string of the molecule is COc1cccc(CNCC2OC(Cc3cc(-c4ccccc4)on3)CCC2O)c1. The Morgan fingerprint density at radius 1 is 1.10 bits per heavy atom. The number of nitrogens with one attached hydrogen (secondary N) is 1. The Hall–Kier alpha value is -2.67. The van der Waals surface area contributed by atoms with Crippen LogP contribution in [0.4, 0.5) is 0 Å². The van der Waals surface area contributed by atoms with Crippen LogP contribution < -0.4 is 10.1 Å². The molecule has 2 heterocycles. The molecule has 0 bridgehead atoms. The zero-order valence-corrected chi connectivity index (χ0v) is 17.2. The van der Waals surface area contributed by atoms with E-state index in [1.165, 1.54) is 0 Å². The molecule has 6 heteroatoms. The highest BCUT2D eigenvalue weighted by Crippen LogP contribution is 2.25. The Bertz CT molecular complexity index is 928. The minimum Gasteiger partial charge on any atom is -0.497 e. The number of benzene rings is 2. The summed E-state index contributed by atoms with van der Waals surface area (Å²) in [6.07, 6.45) is 1.52. The zero-order chi connectivity index (χ0) is 20.8. The first-order chi connectivity index (χ1) is 14.7. The number of ether oxygens (including phenoxy) is 2. The Balaban J connectivity index is 1.29. The van der Waals surface area contributed by atoms with Gasteiger partial charge >= 0.3 is 0 Å². The molecular weight excluding hydrogens is 380 g/mol. The monoisotopic (exact) mass is 408 g/mol. The lowest BCUT2D eigenvalue weighted by Gasteiger charge is -2.34. The molecular formula is C24H28N2O4. The van der Waals surface area contributed by atoms with Crippen molar-refractivity contribution < 1.29 is 19.1 Å². The number of rotatable bonds is 8. The summed E-state index contributed by atoms with van der Waals surface area (Å²) in [6, 6.07) is 19.9. The van der Waals surface area contributed by atoms with Crippen molar-refractivity contribution in [2.24, 2.45) is 0 Å². The number of methoxy groups -OCH3 is 1. The Labute approximate surface area is 176 Å². The molecule has 3 unspecified atom stereocenters. The number of aliphatic hydroxyl groups is 1. The molecule has 3 aromatic rings. The van der Waals surface area contributed by atoms with Gasteiger partial charge < -0.3 is 24.4 Å². The van der Waals surface area contributed by atoms with Crippen molar-refractivity contribution in [3.05, 3.63) is 71.9 Å². The highest BCUT2D eigenvalue weighted by molar-refractivity contribution is 5.56. The third-order valence-corrected chi connectivity index (χ3v) is 5.44. The van der Waals surface area contributed by atoms with E-state index < -0.39 is 6.10 Å². The smallest absolute Gasteiger partial charge is 0.167 e. The Morgan fingerprint density at radius 3 is 2.80 bits per heavy atom. The first kappa shape index (κ1) is 20.6. The van der Waals surface area contributed by atoms with Gasteiger partial charge in [-0.3, -0.25) is 0 Å². The van der Waals surface area contributed by atoms with Crippen molar-refractivity contribution in [3.8, 4) is 17.1 Å². The maximum Gasteiger partial charge on any atom is 0.167 e. The molecule has 0 spiro atoms. The molecule has 2 aromatic carbocycles. The van der Waals surface area contributed by atoms with Gasteiger partial charge in [0.2, 0.25) is 0 Å². The summed E-state index contributed by atoms with van der Waals surface area (Å²) in [4.78, 5) is 0. The number of aromatic nitrogens is 1. The van der Waals surface area contributed by atoms with E-state index in [4.69, 9.17) is 14.0 Å². The first-order valence-corrected chi connectivity index (χ1v) is 10.4. The van der Waals surface area contributed by atoms with E-state index in [0.29, 0.717) is 19.5 Å². The van der Waals surface area contributed by atoms with Gasteiger partial charge in [-0.1, -0.05) is 47.6 Å². The lowest BCUT2D eigenvalue weighted by atomic mass is 9.98. The van der Waals surface area contributed by atoms with E-state index in [2.05, 4.69) is 10.5 Å². The summed E-state index contributed by atoms with van der Waals surface area (Å²) in [5, 5.41) is 18.0. The van der Waals surface area contributed by atoms with Gasteiger partial charge in [0, 0.05) is 31.1 Å². The van der Waals surface area contributed by atoms with Crippen LogP contribution in [0.25, 0.3) is 11.3 Å². The second-order valence-electron chi connectivity index (χ2n) is 7.68. The van der Waals surface area contributed by atoms with E-state index in [1.807, 2.05) is 60.7 Å². The molecule has 6 nitrogen and oxygen atoms in total. The topological polar surface area (TPSA) is 76.8 Å². The standard InChI is InChI=1S/C24H28N2O4/c1-28-20-9-5-6-17(12-20)15-25-16-24-22(27)11-10-21(29-24)13-19-14-23(30-26-19)18-7-3-2-4-8-18/h2-9,12,14,21-22,24-25,27H,10-11,13,15-16H2,1H3. The fraction of sp³-hybridized carbons (Fsp3) is 0.375. The van der Waals surface area contributed by atoms with Crippen LogP contribution in [0.15, 0.2) is 65.2 Å². The van der Waals surface area contributed by atoms with E-state index in [-0.39, 0.29) is 12.2 Å². The highest BCUT2D eigenvalue weighted by atomic mass is 16.5. The second-order valence-corrected chi connectivity index (χ2v) is 7.68. The van der Waals surface area contributed by atoms with Crippen LogP contribution in [0, 0.1) is 0 Å². The summed E-state index contributed by atoms with van der Waals surface area (Å²) in [5.41, 5.74) is 3.02. The highest BCUT2D eigenvalue weighted by Gasteiger charge is 2.30. The normalized spacial score (nSPS) is 21.5. The lowest BCUT2D eigenvalue weighted by molar-refractivity contribution is -0.115. The maximum atomic E-state index is 10.4. The molecule has 0 amide bonds. The van der Waals surface area contributed by atoms with Crippen LogP contribution in [-0.4, -0.2) is 42.2 Å². The van der Waals surface area contributed by atoms with Crippen molar-refractivity contribution in [2.75, 3.05) is 13.7 Å². The average molecular weight is 408 g/mol. The maximum absolute atomic E-state index is 10.4. The summed E-state index contributed by atoms with van der Waals surface area (Å²) < 4.78 is 16.9. The molecule has 1 aromatic heterocycles. The molecule has 1 aliphatic rings. The predicted octanol–water partition coefficient (Wildman–Crippen LogP) is 3.59. The Morgan fingerprint density at radius 2 is 1.97 bits per heavy atom. The molecule has 0 saturated carbocycles. The zero-order valence-electron chi connectivity index (χ0n) is 17.2. The molecule has 1 fully saturated rings. The van der Waals surface area contributed by atoms with Crippen molar-refractivity contribution in [1.82, 2.24) is 10.5 Å². The quantitative estimate of drug-likeness (QED) is 0.593. The molecule has 3 atom stereocenters. The van der Waals surface area contributed by atoms with Gasteiger partial charge in [0.1, 0.15) is 5.75 Å². The van der Waals surface area contributed by atoms with Crippen molar-refractivity contribution in [1.29, 1.82) is 0 Å². The van der Waals surface area contributed by atoms with Crippen LogP contribution in [-0.2, 0) is 17.7 Å². The number of hydrogen-bond donors (Lipinski definition) is 2. The second kappa shape index (κ2) is 9.89. The van der Waals surface area contributed by atoms with Gasteiger partial charge in [0.25, 0.3) is 0 Å². The minimum absolute atomic E-state index is 0.0192. The van der Waals surface area contributed by atoms with E-state index in [0.717, 1.165) is 41.2 Å². The number of aliphatic hydroxyl groups excluding tert-OH is 1. The molecule has 1 aliphatic heterocycles. The minimum atomic E-state index is -0.462. The van der Waals surface area contributed by atoms with Crippen molar-refractivity contribution >= 4 is 0 Å². The van der Waals surface area contributed by atoms with Gasteiger partial charge in [-0.25, -0.2) is 0 Å². The summed E-state index contributed by atoms with van der Waals surface area (Å²) >= 11 is 0. The van der Waals surface area contributed by atoms with Crippen LogP contribution in [0.3, 0.4) is 0 Å². The molecule has 0 aliphatic carbocycles. The van der Waals surface area contributed by atoms with Gasteiger partial charge in [-0.2, -0.15) is 0 Å². The van der Waals surface area contributed by atoms with Gasteiger partial charge in [-0.15, -0.1) is 0 Å². The van der Waals surface area contributed by atoms with Crippen LogP contribution in [0.1, 0.15) is 24.1 Å².